The lowest BCUT2D eigenvalue weighted by Crippen LogP contribution is -2.26. The SMILES string of the molecule is COc1cccc(S(=O)(=O)NCCC(O)c2cccc3ccccc23)c1. The predicted octanol–water partition coefficient (Wildman–Crippen LogP) is 3.25. The van der Waals surface area contributed by atoms with E-state index in [1.165, 1.54) is 19.2 Å². The minimum Gasteiger partial charge on any atom is -0.497 e. The van der Waals surface area contributed by atoms with Crippen LogP contribution in [0.4, 0.5) is 0 Å². The van der Waals surface area contributed by atoms with Crippen LogP contribution in [0.5, 0.6) is 5.75 Å². The van der Waals surface area contributed by atoms with Crippen LogP contribution in [-0.2, 0) is 10.0 Å². The molecule has 0 fully saturated rings. The second-order valence-corrected chi connectivity index (χ2v) is 7.72. The fraction of sp³-hybridized carbons (Fsp3) is 0.200. The van der Waals surface area contributed by atoms with Crippen molar-refractivity contribution >= 4 is 20.8 Å². The van der Waals surface area contributed by atoms with E-state index in [4.69, 9.17) is 4.74 Å². The number of aliphatic hydroxyl groups is 1. The molecule has 5 nitrogen and oxygen atoms in total. The fourth-order valence-corrected chi connectivity index (χ4v) is 3.96. The van der Waals surface area contributed by atoms with E-state index in [1.807, 2.05) is 42.5 Å². The van der Waals surface area contributed by atoms with Gasteiger partial charge in [-0.3, -0.25) is 0 Å². The minimum atomic E-state index is -3.65. The molecule has 2 N–H and O–H groups in total. The number of methoxy groups -OCH3 is 1. The van der Waals surface area contributed by atoms with Crippen molar-refractivity contribution in [1.29, 1.82) is 0 Å². The highest BCUT2D eigenvalue weighted by molar-refractivity contribution is 7.89. The quantitative estimate of drug-likeness (QED) is 0.668. The molecule has 3 aromatic rings. The van der Waals surface area contributed by atoms with Crippen molar-refractivity contribution < 1.29 is 18.3 Å². The molecule has 0 bridgehead atoms. The maximum atomic E-state index is 12.4. The first-order valence-electron chi connectivity index (χ1n) is 8.31. The second kappa shape index (κ2) is 7.86. The molecule has 0 heterocycles. The zero-order chi connectivity index (χ0) is 18.6. The number of fused-ring (bicyclic) bond motifs is 1. The van der Waals surface area contributed by atoms with E-state index in [0.717, 1.165) is 16.3 Å². The van der Waals surface area contributed by atoms with Crippen molar-refractivity contribution in [1.82, 2.24) is 4.72 Å². The van der Waals surface area contributed by atoms with Crippen LogP contribution >= 0.6 is 0 Å². The summed E-state index contributed by atoms with van der Waals surface area (Å²) in [6, 6.07) is 19.8. The molecule has 136 valence electrons. The van der Waals surface area contributed by atoms with Gasteiger partial charge in [-0.2, -0.15) is 0 Å². The zero-order valence-corrected chi connectivity index (χ0v) is 15.2. The molecular weight excluding hydrogens is 350 g/mol. The lowest BCUT2D eigenvalue weighted by Gasteiger charge is -2.14. The average molecular weight is 371 g/mol. The Morgan fingerprint density at radius 1 is 1.04 bits per heavy atom. The van der Waals surface area contributed by atoms with Gasteiger partial charge in [-0.15, -0.1) is 0 Å². The van der Waals surface area contributed by atoms with Gasteiger partial charge >= 0.3 is 0 Å². The summed E-state index contributed by atoms with van der Waals surface area (Å²) in [7, 11) is -2.17. The molecule has 0 radical (unpaired) electrons. The van der Waals surface area contributed by atoms with Gasteiger partial charge in [-0.1, -0.05) is 48.5 Å². The number of aliphatic hydroxyl groups excluding tert-OH is 1. The number of hydrogen-bond acceptors (Lipinski definition) is 4. The van der Waals surface area contributed by atoms with Crippen LogP contribution in [0.25, 0.3) is 10.8 Å². The highest BCUT2D eigenvalue weighted by Crippen LogP contribution is 2.26. The van der Waals surface area contributed by atoms with Gasteiger partial charge in [-0.05, 0) is 34.9 Å². The smallest absolute Gasteiger partial charge is 0.240 e. The van der Waals surface area contributed by atoms with Crippen molar-refractivity contribution in [2.75, 3.05) is 13.7 Å². The van der Waals surface area contributed by atoms with Gasteiger partial charge in [0.25, 0.3) is 0 Å². The van der Waals surface area contributed by atoms with Crippen LogP contribution in [0.1, 0.15) is 18.1 Å². The van der Waals surface area contributed by atoms with Gasteiger partial charge in [0.2, 0.25) is 10.0 Å². The summed E-state index contributed by atoms with van der Waals surface area (Å²) in [6.45, 7) is 0.129. The molecule has 1 atom stereocenters. The van der Waals surface area contributed by atoms with Gasteiger partial charge < -0.3 is 9.84 Å². The summed E-state index contributed by atoms with van der Waals surface area (Å²) in [6.07, 6.45) is -0.480. The lowest BCUT2D eigenvalue weighted by atomic mass is 9.99. The van der Waals surface area contributed by atoms with E-state index >= 15 is 0 Å². The molecule has 1 unspecified atom stereocenters. The molecule has 3 rings (SSSR count). The first-order valence-corrected chi connectivity index (χ1v) is 9.79. The van der Waals surface area contributed by atoms with Crippen LogP contribution in [-0.4, -0.2) is 27.2 Å². The lowest BCUT2D eigenvalue weighted by molar-refractivity contribution is 0.170. The Bertz CT molecular complexity index is 996. The van der Waals surface area contributed by atoms with E-state index in [0.29, 0.717) is 5.75 Å². The summed E-state index contributed by atoms with van der Waals surface area (Å²) in [5.74, 6) is 0.476. The van der Waals surface area contributed by atoms with Crippen LogP contribution in [0.3, 0.4) is 0 Å². The number of rotatable bonds is 7. The molecule has 0 aromatic heterocycles. The van der Waals surface area contributed by atoms with Crippen LogP contribution in [0, 0.1) is 0 Å². The summed E-state index contributed by atoms with van der Waals surface area (Å²) < 4.78 is 32.4. The van der Waals surface area contributed by atoms with Gasteiger partial charge in [0.05, 0.1) is 18.1 Å². The van der Waals surface area contributed by atoms with E-state index in [9.17, 15) is 13.5 Å². The van der Waals surface area contributed by atoms with Crippen molar-refractivity contribution in [2.24, 2.45) is 0 Å². The number of hydrogen-bond donors (Lipinski definition) is 2. The van der Waals surface area contributed by atoms with Crippen molar-refractivity contribution in [3.63, 3.8) is 0 Å². The molecular formula is C20H21NO4S. The highest BCUT2D eigenvalue weighted by Gasteiger charge is 2.16. The molecule has 0 aliphatic heterocycles. The van der Waals surface area contributed by atoms with Crippen LogP contribution < -0.4 is 9.46 Å². The first-order chi connectivity index (χ1) is 12.5. The Kier molecular flexibility index (Phi) is 5.56. The zero-order valence-electron chi connectivity index (χ0n) is 14.4. The highest BCUT2D eigenvalue weighted by atomic mass is 32.2. The Balaban J connectivity index is 1.68. The monoisotopic (exact) mass is 371 g/mol. The van der Waals surface area contributed by atoms with Crippen molar-refractivity contribution in [3.05, 3.63) is 72.3 Å². The largest absolute Gasteiger partial charge is 0.497 e. The number of ether oxygens (including phenoxy) is 1. The van der Waals surface area contributed by atoms with Gasteiger partial charge in [0.1, 0.15) is 5.75 Å². The fourth-order valence-electron chi connectivity index (χ4n) is 2.88. The molecule has 6 heteroatoms. The maximum absolute atomic E-state index is 12.4. The van der Waals surface area contributed by atoms with Gasteiger partial charge in [0.15, 0.2) is 0 Å². The van der Waals surface area contributed by atoms with Crippen LogP contribution in [0.15, 0.2) is 71.6 Å². The third-order valence-electron chi connectivity index (χ3n) is 4.24. The predicted molar refractivity (Wildman–Crippen MR) is 102 cm³/mol. The van der Waals surface area contributed by atoms with Crippen molar-refractivity contribution in [2.45, 2.75) is 17.4 Å². The van der Waals surface area contributed by atoms with E-state index in [-0.39, 0.29) is 17.9 Å². The third kappa shape index (κ3) is 4.04. The molecule has 0 amide bonds. The molecule has 0 aliphatic rings. The van der Waals surface area contributed by atoms with E-state index in [1.54, 1.807) is 12.1 Å². The Morgan fingerprint density at radius 2 is 1.77 bits per heavy atom. The molecule has 26 heavy (non-hydrogen) atoms. The molecule has 0 saturated heterocycles. The summed E-state index contributed by atoms with van der Waals surface area (Å²) >= 11 is 0. The summed E-state index contributed by atoms with van der Waals surface area (Å²) in [5, 5.41) is 12.5. The number of sulfonamides is 1. The number of nitrogens with one attached hydrogen (secondary N) is 1. The first kappa shape index (κ1) is 18.4. The van der Waals surface area contributed by atoms with Gasteiger partial charge in [0, 0.05) is 12.6 Å². The Hall–Kier alpha value is -2.41. The maximum Gasteiger partial charge on any atom is 0.240 e. The normalized spacial score (nSPS) is 12.8. The third-order valence-corrected chi connectivity index (χ3v) is 5.70. The second-order valence-electron chi connectivity index (χ2n) is 5.95. The van der Waals surface area contributed by atoms with Crippen LogP contribution in [0.2, 0.25) is 0 Å². The Labute approximate surface area is 153 Å². The van der Waals surface area contributed by atoms with E-state index in [2.05, 4.69) is 4.72 Å². The molecule has 3 aromatic carbocycles. The topological polar surface area (TPSA) is 75.6 Å². The molecule has 0 saturated carbocycles. The standard InChI is InChI=1S/C20H21NO4S/c1-25-16-8-5-9-17(14-16)26(23,24)21-13-12-20(22)19-11-4-7-15-6-2-3-10-18(15)19/h2-11,14,20-22H,12-13H2,1H3. The number of benzene rings is 3. The molecule has 0 spiro atoms. The average Bonchev–Trinajstić information content (AvgIpc) is 2.67. The van der Waals surface area contributed by atoms with E-state index < -0.39 is 16.1 Å². The summed E-state index contributed by atoms with van der Waals surface area (Å²) in [4.78, 5) is 0.136. The Morgan fingerprint density at radius 3 is 2.58 bits per heavy atom. The van der Waals surface area contributed by atoms with Gasteiger partial charge in [-0.25, -0.2) is 13.1 Å². The summed E-state index contributed by atoms with van der Waals surface area (Å²) in [5.41, 5.74) is 0.795. The minimum absolute atomic E-state index is 0.129. The van der Waals surface area contributed by atoms with Crippen molar-refractivity contribution in [3.8, 4) is 5.75 Å². The molecule has 0 aliphatic carbocycles.